The molecule has 2 heterocycles. The van der Waals surface area contributed by atoms with Crippen molar-refractivity contribution < 1.29 is 14.4 Å². The molecule has 134 valence electrons. The molecule has 1 aliphatic rings. The van der Waals surface area contributed by atoms with Crippen molar-refractivity contribution in [3.63, 3.8) is 0 Å². The number of amides is 3. The normalized spacial score (nSPS) is 13.0. The largest absolute Gasteiger partial charge is 0.305 e. The number of aryl methyl sites for hydroxylation is 1. The third-order valence-corrected chi connectivity index (χ3v) is 4.37. The molecule has 0 atom stereocenters. The number of hydrogen-bond acceptors (Lipinski definition) is 4. The monoisotopic (exact) mass is 360 g/mol. The molecule has 4 rings (SSSR count). The first kappa shape index (κ1) is 16.7. The van der Waals surface area contributed by atoms with Gasteiger partial charge in [-0.05, 0) is 23.8 Å². The third-order valence-electron chi connectivity index (χ3n) is 4.37. The standard InChI is InChI=1S/C20H16N4O3/c1-23-10-9-17(22-23)21-18(25)14-7-8-15-16(11-14)20(27)24(19(15)26)12-13-5-3-2-4-6-13/h2-11H,12H2,1H3,(H,21,22,25). The molecule has 0 saturated heterocycles. The average molecular weight is 360 g/mol. The van der Waals surface area contributed by atoms with Gasteiger partial charge in [0.25, 0.3) is 17.7 Å². The summed E-state index contributed by atoms with van der Waals surface area (Å²) in [6.07, 6.45) is 1.71. The van der Waals surface area contributed by atoms with E-state index in [1.54, 1.807) is 24.0 Å². The summed E-state index contributed by atoms with van der Waals surface area (Å²) in [6, 6.07) is 15.5. The molecule has 3 amide bonds. The molecule has 1 N–H and O–H groups in total. The van der Waals surface area contributed by atoms with Gasteiger partial charge in [0.1, 0.15) is 0 Å². The molecule has 0 saturated carbocycles. The maximum absolute atomic E-state index is 12.7. The highest BCUT2D eigenvalue weighted by molar-refractivity contribution is 6.22. The molecule has 3 aromatic rings. The highest BCUT2D eigenvalue weighted by atomic mass is 16.2. The number of imide groups is 1. The van der Waals surface area contributed by atoms with E-state index in [2.05, 4.69) is 10.4 Å². The Balaban J connectivity index is 1.57. The summed E-state index contributed by atoms with van der Waals surface area (Å²) in [6.45, 7) is 0.197. The van der Waals surface area contributed by atoms with Gasteiger partial charge in [-0.1, -0.05) is 30.3 Å². The Morgan fingerprint density at radius 1 is 1.00 bits per heavy atom. The Hall–Kier alpha value is -3.74. The van der Waals surface area contributed by atoms with Crippen molar-refractivity contribution in [3.8, 4) is 0 Å². The Morgan fingerprint density at radius 2 is 1.74 bits per heavy atom. The lowest BCUT2D eigenvalue weighted by Crippen LogP contribution is -2.29. The molecule has 7 heteroatoms. The number of hydrogen-bond donors (Lipinski definition) is 1. The van der Waals surface area contributed by atoms with Gasteiger partial charge in [-0.15, -0.1) is 0 Å². The van der Waals surface area contributed by atoms with E-state index in [0.717, 1.165) is 5.56 Å². The lowest BCUT2D eigenvalue weighted by atomic mass is 10.1. The zero-order valence-corrected chi connectivity index (χ0v) is 14.5. The van der Waals surface area contributed by atoms with Crippen LogP contribution in [-0.2, 0) is 13.6 Å². The van der Waals surface area contributed by atoms with Gasteiger partial charge in [0, 0.05) is 24.9 Å². The first-order valence-electron chi connectivity index (χ1n) is 8.38. The van der Waals surface area contributed by atoms with Crippen LogP contribution in [0.2, 0.25) is 0 Å². The Bertz CT molecular complexity index is 1060. The van der Waals surface area contributed by atoms with Crippen molar-refractivity contribution in [3.05, 3.63) is 83.0 Å². The van der Waals surface area contributed by atoms with E-state index < -0.39 is 11.8 Å². The fourth-order valence-electron chi connectivity index (χ4n) is 3.01. The lowest BCUT2D eigenvalue weighted by Gasteiger charge is -2.13. The molecular weight excluding hydrogens is 344 g/mol. The summed E-state index contributed by atoms with van der Waals surface area (Å²) in [5.74, 6) is -0.726. The minimum Gasteiger partial charge on any atom is -0.305 e. The SMILES string of the molecule is Cn1ccc(NC(=O)c2ccc3c(c2)C(=O)N(Cc2ccccc2)C3=O)n1. The van der Waals surface area contributed by atoms with Gasteiger partial charge in [-0.25, -0.2) is 0 Å². The van der Waals surface area contributed by atoms with E-state index >= 15 is 0 Å². The third kappa shape index (κ3) is 3.10. The zero-order valence-electron chi connectivity index (χ0n) is 14.5. The van der Waals surface area contributed by atoms with Crippen molar-refractivity contribution in [1.29, 1.82) is 0 Å². The summed E-state index contributed by atoms with van der Waals surface area (Å²) in [4.78, 5) is 38.9. The quantitative estimate of drug-likeness (QED) is 0.725. The molecule has 1 aromatic heterocycles. The van der Waals surface area contributed by atoms with Crippen LogP contribution in [0.25, 0.3) is 0 Å². The maximum atomic E-state index is 12.7. The van der Waals surface area contributed by atoms with Crippen LogP contribution >= 0.6 is 0 Å². The molecule has 0 unspecified atom stereocenters. The van der Waals surface area contributed by atoms with Crippen molar-refractivity contribution in [2.75, 3.05) is 5.32 Å². The van der Waals surface area contributed by atoms with Crippen LogP contribution < -0.4 is 5.32 Å². The Morgan fingerprint density at radius 3 is 2.44 bits per heavy atom. The number of carbonyl (C=O) groups is 3. The second-order valence-corrected chi connectivity index (χ2v) is 6.27. The molecule has 0 bridgehead atoms. The molecule has 7 nitrogen and oxygen atoms in total. The second kappa shape index (κ2) is 6.53. The molecule has 0 spiro atoms. The lowest BCUT2D eigenvalue weighted by molar-refractivity contribution is 0.0642. The number of nitrogens with zero attached hydrogens (tertiary/aromatic N) is 3. The smallest absolute Gasteiger partial charge is 0.261 e. The summed E-state index contributed by atoms with van der Waals surface area (Å²) in [5, 5.41) is 6.76. The van der Waals surface area contributed by atoms with E-state index in [-0.39, 0.29) is 18.0 Å². The number of rotatable bonds is 4. The number of fused-ring (bicyclic) bond motifs is 1. The Kier molecular flexibility index (Phi) is 4.04. The topological polar surface area (TPSA) is 84.3 Å². The Labute approximate surface area is 155 Å². The first-order valence-corrected chi connectivity index (χ1v) is 8.38. The van der Waals surface area contributed by atoms with Crippen LogP contribution in [0.15, 0.2) is 60.8 Å². The molecule has 2 aromatic carbocycles. The van der Waals surface area contributed by atoms with Gasteiger partial charge in [0.15, 0.2) is 5.82 Å². The summed E-state index contributed by atoms with van der Waals surface area (Å²) in [5.41, 5.74) is 1.71. The van der Waals surface area contributed by atoms with Gasteiger partial charge >= 0.3 is 0 Å². The predicted octanol–water partition coefficient (Wildman–Crippen LogP) is 2.47. The van der Waals surface area contributed by atoms with Crippen molar-refractivity contribution in [2.45, 2.75) is 6.54 Å². The number of aromatic nitrogens is 2. The van der Waals surface area contributed by atoms with E-state index in [0.29, 0.717) is 16.9 Å². The molecule has 27 heavy (non-hydrogen) atoms. The molecule has 0 radical (unpaired) electrons. The van der Waals surface area contributed by atoms with Crippen LogP contribution in [0, 0.1) is 0 Å². The summed E-state index contributed by atoms with van der Waals surface area (Å²) >= 11 is 0. The highest BCUT2D eigenvalue weighted by Gasteiger charge is 2.36. The molecule has 0 aliphatic carbocycles. The van der Waals surface area contributed by atoms with Crippen molar-refractivity contribution in [1.82, 2.24) is 14.7 Å². The van der Waals surface area contributed by atoms with Crippen LogP contribution in [0.3, 0.4) is 0 Å². The van der Waals surface area contributed by atoms with Crippen molar-refractivity contribution in [2.24, 2.45) is 7.05 Å². The fourth-order valence-corrected chi connectivity index (χ4v) is 3.01. The van der Waals surface area contributed by atoms with Crippen molar-refractivity contribution >= 4 is 23.5 Å². The average Bonchev–Trinajstić information content (AvgIpc) is 3.19. The molecular formula is C20H16N4O3. The van der Waals surface area contributed by atoms with E-state index in [1.165, 1.54) is 23.1 Å². The number of benzene rings is 2. The summed E-state index contributed by atoms with van der Waals surface area (Å²) in [7, 11) is 1.75. The van der Waals surface area contributed by atoms with Gasteiger partial charge in [0.05, 0.1) is 17.7 Å². The van der Waals surface area contributed by atoms with Crippen LogP contribution in [0.5, 0.6) is 0 Å². The minimum absolute atomic E-state index is 0.197. The van der Waals surface area contributed by atoms with E-state index in [1.807, 2.05) is 30.3 Å². The second-order valence-electron chi connectivity index (χ2n) is 6.27. The zero-order chi connectivity index (χ0) is 19.0. The van der Waals surface area contributed by atoms with Gasteiger partial charge < -0.3 is 5.32 Å². The summed E-state index contributed by atoms with van der Waals surface area (Å²) < 4.78 is 1.57. The fraction of sp³-hybridized carbons (Fsp3) is 0.100. The number of carbonyl (C=O) groups excluding carboxylic acids is 3. The van der Waals surface area contributed by atoms with Gasteiger partial charge in [-0.2, -0.15) is 5.10 Å². The maximum Gasteiger partial charge on any atom is 0.261 e. The highest BCUT2D eigenvalue weighted by Crippen LogP contribution is 2.26. The molecule has 0 fully saturated rings. The predicted molar refractivity (Wildman–Crippen MR) is 98.2 cm³/mol. The van der Waals surface area contributed by atoms with E-state index in [4.69, 9.17) is 0 Å². The minimum atomic E-state index is -0.397. The van der Waals surface area contributed by atoms with Gasteiger partial charge in [-0.3, -0.25) is 24.0 Å². The first-order chi connectivity index (χ1) is 13.0. The molecule has 1 aliphatic heterocycles. The van der Waals surface area contributed by atoms with Crippen LogP contribution in [0.1, 0.15) is 36.6 Å². The van der Waals surface area contributed by atoms with Crippen LogP contribution in [-0.4, -0.2) is 32.4 Å². The number of anilines is 1. The van der Waals surface area contributed by atoms with Crippen LogP contribution in [0.4, 0.5) is 5.82 Å². The number of nitrogens with one attached hydrogen (secondary N) is 1. The van der Waals surface area contributed by atoms with E-state index in [9.17, 15) is 14.4 Å². The van der Waals surface area contributed by atoms with Gasteiger partial charge in [0.2, 0.25) is 0 Å².